The lowest BCUT2D eigenvalue weighted by molar-refractivity contribution is 0.252. The Morgan fingerprint density at radius 3 is 2.15 bits per heavy atom. The van der Waals surface area contributed by atoms with Crippen LogP contribution in [-0.2, 0) is 0 Å². The summed E-state index contributed by atoms with van der Waals surface area (Å²) in [7, 11) is 1.57. The minimum atomic E-state index is -0.332. The average Bonchev–Trinajstić information content (AvgIpc) is 2.95. The van der Waals surface area contributed by atoms with Gasteiger partial charge in [-0.3, -0.25) is 4.90 Å². The molecule has 4 aromatic carbocycles. The summed E-state index contributed by atoms with van der Waals surface area (Å²) >= 11 is 0. The zero-order valence-electron chi connectivity index (χ0n) is 22.0. The first-order valence-electron chi connectivity index (χ1n) is 12.7. The molecule has 0 aromatic heterocycles. The molecule has 0 heterocycles. The molecule has 0 radical (unpaired) electrons. The molecule has 0 bridgehead atoms. The lowest BCUT2D eigenvalue weighted by Crippen LogP contribution is -2.38. The maximum absolute atomic E-state index is 13.3. The van der Waals surface area contributed by atoms with E-state index in [9.17, 15) is 9.59 Å². The van der Waals surface area contributed by atoms with Crippen LogP contribution in [0.1, 0.15) is 12.0 Å². The van der Waals surface area contributed by atoms with Gasteiger partial charge in [-0.25, -0.2) is 9.59 Å². The Kier molecular flexibility index (Phi) is 9.39. The molecule has 200 valence electrons. The molecule has 39 heavy (non-hydrogen) atoms. The average molecular weight is 525 g/mol. The molecule has 0 saturated heterocycles. The van der Waals surface area contributed by atoms with E-state index in [1.165, 1.54) is 0 Å². The van der Waals surface area contributed by atoms with Gasteiger partial charge >= 0.3 is 12.1 Å². The lowest BCUT2D eigenvalue weighted by Gasteiger charge is -2.24. The van der Waals surface area contributed by atoms with Gasteiger partial charge in [0.15, 0.2) is 0 Å². The molecule has 4 aromatic rings. The second-order valence-corrected chi connectivity index (χ2v) is 8.82. The first-order valence-corrected chi connectivity index (χ1v) is 12.7. The number of ether oxygens (including phenoxy) is 2. The number of nitrogens with zero attached hydrogens (tertiary/aromatic N) is 1. The maximum Gasteiger partial charge on any atom is 0.326 e. The fourth-order valence-corrected chi connectivity index (χ4v) is 3.81. The van der Waals surface area contributed by atoms with E-state index in [2.05, 4.69) is 16.0 Å². The lowest BCUT2D eigenvalue weighted by atomic mass is 10.2. The highest BCUT2D eigenvalue weighted by molar-refractivity contribution is 6.01. The predicted octanol–water partition coefficient (Wildman–Crippen LogP) is 7.05. The summed E-state index contributed by atoms with van der Waals surface area (Å²) < 4.78 is 11.1. The van der Waals surface area contributed by atoms with Crippen molar-refractivity contribution in [3.63, 3.8) is 0 Å². The van der Waals surface area contributed by atoms with Crippen LogP contribution < -0.4 is 30.3 Å². The van der Waals surface area contributed by atoms with E-state index in [-0.39, 0.29) is 12.1 Å². The van der Waals surface area contributed by atoms with Gasteiger partial charge in [0.05, 0.1) is 7.11 Å². The number of amides is 4. The van der Waals surface area contributed by atoms with Gasteiger partial charge in [-0.1, -0.05) is 42.0 Å². The first kappa shape index (κ1) is 27.1. The molecular formula is C31H32N4O4. The molecule has 0 atom stereocenters. The highest BCUT2D eigenvalue weighted by Gasteiger charge is 2.16. The zero-order chi connectivity index (χ0) is 27.5. The third-order valence-corrected chi connectivity index (χ3v) is 5.85. The van der Waals surface area contributed by atoms with E-state index in [0.717, 1.165) is 11.3 Å². The molecule has 0 saturated carbocycles. The molecule has 0 aliphatic carbocycles. The van der Waals surface area contributed by atoms with E-state index >= 15 is 0 Å². The largest absolute Gasteiger partial charge is 0.497 e. The monoisotopic (exact) mass is 524 g/mol. The molecule has 0 unspecified atom stereocenters. The van der Waals surface area contributed by atoms with E-state index in [1.807, 2.05) is 85.8 Å². The molecule has 0 aliphatic rings. The van der Waals surface area contributed by atoms with Crippen LogP contribution in [0.15, 0.2) is 103 Å². The zero-order valence-corrected chi connectivity index (χ0v) is 22.0. The van der Waals surface area contributed by atoms with Crippen molar-refractivity contribution in [2.24, 2.45) is 0 Å². The molecule has 8 heteroatoms. The van der Waals surface area contributed by atoms with Crippen LogP contribution in [0.4, 0.5) is 26.7 Å². The number of hydrogen-bond donors (Lipinski definition) is 3. The number of urea groups is 2. The number of carbonyl (C=O) groups excluding carboxylic acids is 2. The molecule has 4 amide bonds. The summed E-state index contributed by atoms with van der Waals surface area (Å²) in [5.41, 5.74) is 3.15. The quantitative estimate of drug-likeness (QED) is 0.194. The minimum absolute atomic E-state index is 0.267. The van der Waals surface area contributed by atoms with Crippen LogP contribution in [0.3, 0.4) is 0 Å². The SMILES string of the molecule is COc1cccc(NC(=O)NCCCN(C(=O)Nc2ccc(C)cc2)c2ccc(Oc3ccccc3)cc2)c1. The number of benzene rings is 4. The third-order valence-electron chi connectivity index (χ3n) is 5.85. The van der Waals surface area contributed by atoms with Crippen molar-refractivity contribution in [2.75, 3.05) is 35.7 Å². The van der Waals surface area contributed by atoms with Crippen molar-refractivity contribution in [1.82, 2.24) is 5.32 Å². The maximum atomic E-state index is 13.3. The van der Waals surface area contributed by atoms with E-state index < -0.39 is 0 Å². The first-order chi connectivity index (χ1) is 19.0. The summed E-state index contributed by atoms with van der Waals surface area (Å²) in [6, 6.07) is 31.0. The molecule has 4 rings (SSSR count). The molecule has 0 aliphatic heterocycles. The van der Waals surface area contributed by atoms with E-state index in [4.69, 9.17) is 9.47 Å². The van der Waals surface area contributed by atoms with Gasteiger partial charge in [-0.2, -0.15) is 0 Å². The molecule has 8 nitrogen and oxygen atoms in total. The van der Waals surface area contributed by atoms with Crippen molar-refractivity contribution in [3.8, 4) is 17.2 Å². The second kappa shape index (κ2) is 13.5. The van der Waals surface area contributed by atoms with Crippen LogP contribution in [-0.4, -0.2) is 32.3 Å². The summed E-state index contributed by atoms with van der Waals surface area (Å²) in [4.78, 5) is 27.3. The standard InChI is InChI=1S/C31H32N4O4/c1-23-12-14-24(15-13-23)34-31(37)35(26-16-18-28(19-17-26)39-27-9-4-3-5-10-27)21-7-20-32-30(36)33-25-8-6-11-29(22-25)38-2/h3-6,8-19,22H,7,20-21H2,1-2H3,(H,34,37)(H2,32,33,36). The summed E-state index contributed by atoms with van der Waals surface area (Å²) in [6.45, 7) is 2.75. The van der Waals surface area contributed by atoms with Crippen molar-refractivity contribution in [2.45, 2.75) is 13.3 Å². The van der Waals surface area contributed by atoms with Crippen LogP contribution in [0.5, 0.6) is 17.2 Å². The van der Waals surface area contributed by atoms with Crippen LogP contribution in [0.25, 0.3) is 0 Å². The number of nitrogens with one attached hydrogen (secondary N) is 3. The summed E-state index contributed by atoms with van der Waals surface area (Å²) in [5.74, 6) is 2.06. The number of aryl methyl sites for hydroxylation is 1. The third kappa shape index (κ3) is 8.26. The summed E-state index contributed by atoms with van der Waals surface area (Å²) in [5, 5.41) is 8.58. The van der Waals surface area contributed by atoms with Gasteiger partial charge in [0.2, 0.25) is 0 Å². The van der Waals surface area contributed by atoms with Gasteiger partial charge in [0.25, 0.3) is 0 Å². The van der Waals surface area contributed by atoms with Crippen LogP contribution in [0.2, 0.25) is 0 Å². The Labute approximate surface area is 228 Å². The van der Waals surface area contributed by atoms with Crippen molar-refractivity contribution in [3.05, 3.63) is 109 Å². The predicted molar refractivity (Wildman–Crippen MR) is 155 cm³/mol. The van der Waals surface area contributed by atoms with Crippen LogP contribution >= 0.6 is 0 Å². The number of carbonyl (C=O) groups is 2. The van der Waals surface area contributed by atoms with Gasteiger partial charge in [0, 0.05) is 36.2 Å². The van der Waals surface area contributed by atoms with Crippen molar-refractivity contribution >= 4 is 29.1 Å². The molecule has 0 fully saturated rings. The Hall–Kier alpha value is -4.98. The molecular weight excluding hydrogens is 492 g/mol. The Balaban J connectivity index is 1.38. The number of methoxy groups -OCH3 is 1. The normalized spacial score (nSPS) is 10.3. The highest BCUT2D eigenvalue weighted by Crippen LogP contribution is 2.25. The highest BCUT2D eigenvalue weighted by atomic mass is 16.5. The van der Waals surface area contributed by atoms with Crippen molar-refractivity contribution in [1.29, 1.82) is 0 Å². The Bertz CT molecular complexity index is 1360. The fraction of sp³-hybridized carbons (Fsp3) is 0.161. The molecule has 3 N–H and O–H groups in total. The smallest absolute Gasteiger partial charge is 0.326 e. The Morgan fingerprint density at radius 2 is 1.44 bits per heavy atom. The topological polar surface area (TPSA) is 91.9 Å². The van der Waals surface area contributed by atoms with E-state index in [1.54, 1.807) is 36.3 Å². The Morgan fingerprint density at radius 1 is 0.744 bits per heavy atom. The van der Waals surface area contributed by atoms with Crippen LogP contribution in [0, 0.1) is 6.92 Å². The van der Waals surface area contributed by atoms with Crippen molar-refractivity contribution < 1.29 is 19.1 Å². The van der Waals surface area contributed by atoms with Gasteiger partial charge in [-0.15, -0.1) is 0 Å². The number of rotatable bonds is 10. The summed E-state index contributed by atoms with van der Waals surface area (Å²) in [6.07, 6.45) is 0.537. The second-order valence-electron chi connectivity index (χ2n) is 8.82. The number of anilines is 3. The molecule has 0 spiro atoms. The minimum Gasteiger partial charge on any atom is -0.497 e. The van der Waals surface area contributed by atoms with Gasteiger partial charge in [-0.05, 0) is 74.0 Å². The fourth-order valence-electron chi connectivity index (χ4n) is 3.81. The van der Waals surface area contributed by atoms with Gasteiger partial charge < -0.3 is 25.4 Å². The number of hydrogen-bond acceptors (Lipinski definition) is 4. The van der Waals surface area contributed by atoms with E-state index in [0.29, 0.717) is 48.1 Å². The van der Waals surface area contributed by atoms with Gasteiger partial charge in [0.1, 0.15) is 17.2 Å². The number of para-hydroxylation sites is 1.